The molecule has 0 aliphatic carbocycles. The fourth-order valence-corrected chi connectivity index (χ4v) is 1.81. The van der Waals surface area contributed by atoms with Crippen LogP contribution in [0.25, 0.3) is 0 Å². The van der Waals surface area contributed by atoms with Crippen LogP contribution in [0, 0.1) is 0 Å². The molecule has 0 aromatic carbocycles. The summed E-state index contributed by atoms with van der Waals surface area (Å²) in [6.45, 7) is -0.200. The van der Waals surface area contributed by atoms with E-state index in [1.807, 2.05) is 5.32 Å². The molecule has 1 rings (SSSR count). The number of alkyl halides is 2. The lowest BCUT2D eigenvalue weighted by Crippen LogP contribution is -2.65. The minimum Gasteiger partial charge on any atom is -0.481 e. The zero-order valence-electron chi connectivity index (χ0n) is 7.81. The van der Waals surface area contributed by atoms with Crippen LogP contribution in [0.15, 0.2) is 0 Å². The second-order valence-electron chi connectivity index (χ2n) is 3.09. The fraction of sp³-hybridized carbons (Fsp3) is 0.571. The molecule has 1 saturated heterocycles. The Bertz CT molecular complexity index is 346. The van der Waals surface area contributed by atoms with E-state index in [9.17, 15) is 19.5 Å². The maximum absolute atomic E-state index is 11.3. The zero-order valence-corrected chi connectivity index (χ0v) is 11.0. The van der Waals surface area contributed by atoms with E-state index in [-0.39, 0.29) is 13.0 Å². The molecule has 1 fully saturated rings. The van der Waals surface area contributed by atoms with E-state index < -0.39 is 27.4 Å². The maximum Gasteiger partial charge on any atom is 0.326 e. The van der Waals surface area contributed by atoms with E-state index in [0.29, 0.717) is 0 Å². The van der Waals surface area contributed by atoms with Crippen molar-refractivity contribution in [2.45, 2.75) is 15.9 Å². The Kier molecular flexibility index (Phi) is 3.92. The molecule has 0 radical (unpaired) electrons. The van der Waals surface area contributed by atoms with Gasteiger partial charge in [0.15, 0.2) is 6.23 Å². The van der Waals surface area contributed by atoms with Gasteiger partial charge in [-0.2, -0.15) is 0 Å². The average molecular weight is 360 g/mol. The minimum absolute atomic E-state index is 0.200. The first-order valence-corrected chi connectivity index (χ1v) is 5.75. The number of halogens is 2. The van der Waals surface area contributed by atoms with E-state index in [2.05, 4.69) is 31.9 Å². The summed E-state index contributed by atoms with van der Waals surface area (Å²) in [5.41, 5.74) is 0. The number of rotatable bonds is 3. The first-order chi connectivity index (χ1) is 7.26. The van der Waals surface area contributed by atoms with Crippen molar-refractivity contribution in [3.63, 3.8) is 0 Å². The largest absolute Gasteiger partial charge is 0.481 e. The molecular formula is C7H8Br2N2O5. The highest BCUT2D eigenvalue weighted by molar-refractivity contribution is 9.26. The Morgan fingerprint density at radius 1 is 1.50 bits per heavy atom. The van der Waals surface area contributed by atoms with Crippen molar-refractivity contribution in [2.75, 3.05) is 6.54 Å². The van der Waals surface area contributed by atoms with E-state index >= 15 is 0 Å². The van der Waals surface area contributed by atoms with Crippen molar-refractivity contribution < 1.29 is 24.6 Å². The Hall–Kier alpha value is -0.670. The van der Waals surface area contributed by atoms with Gasteiger partial charge in [0.1, 0.15) is 0 Å². The van der Waals surface area contributed by atoms with Crippen molar-refractivity contribution >= 4 is 49.8 Å². The van der Waals surface area contributed by atoms with Gasteiger partial charge in [0.25, 0.3) is 5.91 Å². The summed E-state index contributed by atoms with van der Waals surface area (Å²) in [5, 5.41) is 20.2. The molecule has 3 amide bonds. The number of hydrogen-bond donors (Lipinski definition) is 3. The predicted molar refractivity (Wildman–Crippen MR) is 59.1 cm³/mol. The molecule has 1 aliphatic rings. The maximum atomic E-state index is 11.3. The molecule has 0 saturated carbocycles. The number of nitrogens with zero attached hydrogens (tertiary/aromatic N) is 1. The van der Waals surface area contributed by atoms with Crippen LogP contribution in [0.4, 0.5) is 4.79 Å². The van der Waals surface area contributed by atoms with Crippen LogP contribution in [-0.4, -0.2) is 49.0 Å². The number of carboxylic acid groups (broad SMARTS) is 1. The number of aliphatic hydroxyl groups excluding tert-OH is 1. The number of imide groups is 1. The zero-order chi connectivity index (χ0) is 12.5. The topological polar surface area (TPSA) is 107 Å². The summed E-state index contributed by atoms with van der Waals surface area (Å²) in [5.74, 6) is -1.84. The van der Waals surface area contributed by atoms with Gasteiger partial charge in [-0.15, -0.1) is 0 Å². The number of carboxylic acids is 1. The molecule has 0 aromatic rings. The van der Waals surface area contributed by atoms with Crippen LogP contribution in [0.2, 0.25) is 0 Å². The van der Waals surface area contributed by atoms with Gasteiger partial charge in [-0.25, -0.2) is 4.79 Å². The van der Waals surface area contributed by atoms with Crippen molar-refractivity contribution in [3.8, 4) is 0 Å². The lowest BCUT2D eigenvalue weighted by atomic mass is 10.2. The average Bonchev–Trinajstić information content (AvgIpc) is 2.15. The van der Waals surface area contributed by atoms with E-state index in [4.69, 9.17) is 5.11 Å². The highest BCUT2D eigenvalue weighted by Crippen LogP contribution is 2.35. The number of carbonyl (C=O) groups excluding carboxylic acids is 2. The van der Waals surface area contributed by atoms with Crippen LogP contribution in [0.3, 0.4) is 0 Å². The SMILES string of the molecule is O=C(O)CCN1C(=O)NC(=O)C(Br)(Br)[C@@H]1O. The molecule has 1 aliphatic heterocycles. The molecule has 3 N–H and O–H groups in total. The summed E-state index contributed by atoms with van der Waals surface area (Å²) in [6.07, 6.45) is -1.80. The normalized spacial score (nSPS) is 24.2. The lowest BCUT2D eigenvalue weighted by molar-refractivity contribution is -0.137. The number of nitrogens with one attached hydrogen (secondary N) is 1. The molecule has 16 heavy (non-hydrogen) atoms. The third kappa shape index (κ3) is 2.53. The van der Waals surface area contributed by atoms with E-state index in [0.717, 1.165) is 4.90 Å². The standard InChI is InChI=1S/C7H8Br2N2O5/c8-7(9)4(14)10-6(16)11(5(7)15)2-1-3(12)13/h5,15H,1-2H2,(H,12,13)(H,10,14,16)/t5-/m0/s1. The monoisotopic (exact) mass is 358 g/mol. The molecular weight excluding hydrogens is 352 g/mol. The smallest absolute Gasteiger partial charge is 0.326 e. The molecule has 0 spiro atoms. The van der Waals surface area contributed by atoms with Crippen molar-refractivity contribution in [2.24, 2.45) is 0 Å². The van der Waals surface area contributed by atoms with Gasteiger partial charge >= 0.3 is 12.0 Å². The third-order valence-corrected chi connectivity index (χ3v) is 3.51. The van der Waals surface area contributed by atoms with Crippen molar-refractivity contribution in [1.29, 1.82) is 0 Å². The second-order valence-corrected chi connectivity index (χ2v) is 6.66. The quantitative estimate of drug-likeness (QED) is 0.606. The van der Waals surface area contributed by atoms with Gasteiger partial charge in [0.05, 0.1) is 6.42 Å². The van der Waals surface area contributed by atoms with Crippen molar-refractivity contribution in [3.05, 3.63) is 0 Å². The number of aliphatic carboxylic acids is 1. The minimum atomic E-state index is -1.52. The van der Waals surface area contributed by atoms with Gasteiger partial charge in [-0.05, 0) is 0 Å². The first-order valence-electron chi connectivity index (χ1n) is 4.16. The fourth-order valence-electron chi connectivity index (χ4n) is 1.12. The summed E-state index contributed by atoms with van der Waals surface area (Å²) >= 11 is 5.82. The highest BCUT2D eigenvalue weighted by Gasteiger charge is 2.50. The highest BCUT2D eigenvalue weighted by atomic mass is 79.9. The lowest BCUT2D eigenvalue weighted by Gasteiger charge is -2.38. The molecule has 90 valence electrons. The van der Waals surface area contributed by atoms with Crippen LogP contribution in [0.1, 0.15) is 6.42 Å². The summed E-state index contributed by atoms with van der Waals surface area (Å²) in [7, 11) is 0. The summed E-state index contributed by atoms with van der Waals surface area (Å²) in [6, 6.07) is -0.826. The van der Waals surface area contributed by atoms with E-state index in [1.54, 1.807) is 0 Å². The van der Waals surface area contributed by atoms with E-state index in [1.165, 1.54) is 0 Å². The Balaban J connectivity index is 2.80. The molecule has 0 bridgehead atoms. The third-order valence-electron chi connectivity index (χ3n) is 1.97. The van der Waals surface area contributed by atoms with Crippen LogP contribution in [0.5, 0.6) is 0 Å². The molecule has 0 unspecified atom stereocenters. The van der Waals surface area contributed by atoms with Gasteiger partial charge in [-0.3, -0.25) is 19.8 Å². The molecule has 7 nitrogen and oxygen atoms in total. The first kappa shape index (κ1) is 13.4. The Labute approximate surface area is 107 Å². The summed E-state index contributed by atoms with van der Waals surface area (Å²) < 4.78 is -1.52. The van der Waals surface area contributed by atoms with Crippen LogP contribution in [-0.2, 0) is 9.59 Å². The Morgan fingerprint density at radius 3 is 2.56 bits per heavy atom. The number of carbonyl (C=O) groups is 3. The van der Waals surface area contributed by atoms with Crippen LogP contribution >= 0.6 is 31.9 Å². The predicted octanol–water partition coefficient (Wildman–Crippen LogP) is -0.183. The second kappa shape index (κ2) is 4.68. The van der Waals surface area contributed by atoms with Gasteiger partial charge in [0, 0.05) is 6.54 Å². The van der Waals surface area contributed by atoms with Gasteiger partial charge in [-0.1, -0.05) is 31.9 Å². The summed E-state index contributed by atoms with van der Waals surface area (Å²) in [4.78, 5) is 33.8. The number of hydrogen-bond acceptors (Lipinski definition) is 4. The molecule has 9 heteroatoms. The molecule has 0 aromatic heterocycles. The molecule has 1 heterocycles. The van der Waals surface area contributed by atoms with Crippen LogP contribution < -0.4 is 5.32 Å². The number of amides is 3. The number of urea groups is 1. The van der Waals surface area contributed by atoms with Gasteiger partial charge < -0.3 is 10.2 Å². The van der Waals surface area contributed by atoms with Crippen molar-refractivity contribution in [1.82, 2.24) is 10.2 Å². The Morgan fingerprint density at radius 2 is 2.06 bits per heavy atom. The molecule has 1 atom stereocenters. The van der Waals surface area contributed by atoms with Gasteiger partial charge in [0.2, 0.25) is 3.23 Å². The number of aliphatic hydroxyl groups is 1.